The number of likely N-dealkylation sites (N-methyl/N-ethyl adjacent to an activating group) is 1. The molecule has 2 rings (SSSR count). The smallest absolute Gasteiger partial charge is 0.234 e. The summed E-state index contributed by atoms with van der Waals surface area (Å²) in [5.74, 6) is 0.282. The van der Waals surface area contributed by atoms with Gasteiger partial charge >= 0.3 is 0 Å². The average molecular weight is 253 g/mol. The lowest BCUT2D eigenvalue weighted by Crippen LogP contribution is -2.49. The van der Waals surface area contributed by atoms with Gasteiger partial charge in [-0.05, 0) is 19.3 Å². The monoisotopic (exact) mass is 253 g/mol. The molecular weight excluding hydrogens is 230 g/mol. The highest BCUT2D eigenvalue weighted by molar-refractivity contribution is 5.79. The first-order valence-corrected chi connectivity index (χ1v) is 6.92. The number of rotatable bonds is 4. The van der Waals surface area contributed by atoms with Crippen LogP contribution in [-0.2, 0) is 9.59 Å². The fourth-order valence-electron chi connectivity index (χ4n) is 2.76. The molecule has 2 N–H and O–H groups in total. The van der Waals surface area contributed by atoms with E-state index < -0.39 is 0 Å². The molecule has 1 unspecified atom stereocenters. The lowest BCUT2D eigenvalue weighted by Gasteiger charge is -2.30. The molecule has 0 spiro atoms. The molecule has 1 saturated heterocycles. The Labute approximate surface area is 108 Å². The highest BCUT2D eigenvalue weighted by Crippen LogP contribution is 2.17. The summed E-state index contributed by atoms with van der Waals surface area (Å²) < 4.78 is 0. The highest BCUT2D eigenvalue weighted by Gasteiger charge is 2.23. The Bertz CT molecular complexity index is 313. The highest BCUT2D eigenvalue weighted by atomic mass is 16.2. The number of piperidine rings is 1. The van der Waals surface area contributed by atoms with E-state index in [1.807, 2.05) is 7.05 Å². The molecule has 0 bridgehead atoms. The maximum atomic E-state index is 11.7. The topological polar surface area (TPSA) is 61.4 Å². The summed E-state index contributed by atoms with van der Waals surface area (Å²) in [5, 5.41) is 6.30. The van der Waals surface area contributed by atoms with E-state index in [9.17, 15) is 9.59 Å². The van der Waals surface area contributed by atoms with E-state index in [-0.39, 0.29) is 17.9 Å². The standard InChI is InChI=1S/C13H23N3O2/c1-16-9-11(6-7-13(16)18)14-8-12(17)15-10-4-2-3-5-10/h10-11,14H,2-9H2,1H3,(H,15,17). The number of carbonyl (C=O) groups excluding carboxylic acids is 2. The van der Waals surface area contributed by atoms with Crippen LogP contribution in [0.3, 0.4) is 0 Å². The van der Waals surface area contributed by atoms with E-state index in [0.29, 0.717) is 25.6 Å². The van der Waals surface area contributed by atoms with Gasteiger partial charge in [-0.3, -0.25) is 9.59 Å². The molecule has 2 fully saturated rings. The van der Waals surface area contributed by atoms with Gasteiger partial charge in [0.1, 0.15) is 0 Å². The molecule has 5 nitrogen and oxygen atoms in total. The van der Waals surface area contributed by atoms with Crippen molar-refractivity contribution in [3.63, 3.8) is 0 Å². The third-order valence-electron chi connectivity index (χ3n) is 3.90. The first kappa shape index (κ1) is 13.3. The zero-order valence-electron chi connectivity index (χ0n) is 11.1. The molecule has 2 amide bonds. The molecule has 0 aromatic rings. The molecule has 1 aliphatic heterocycles. The van der Waals surface area contributed by atoms with Crippen LogP contribution in [-0.4, -0.2) is 48.9 Å². The quantitative estimate of drug-likeness (QED) is 0.755. The Morgan fingerprint density at radius 1 is 1.28 bits per heavy atom. The van der Waals surface area contributed by atoms with E-state index in [0.717, 1.165) is 19.3 Å². The zero-order valence-corrected chi connectivity index (χ0v) is 11.1. The zero-order chi connectivity index (χ0) is 13.0. The van der Waals surface area contributed by atoms with Gasteiger partial charge in [0.05, 0.1) is 6.54 Å². The molecule has 1 aliphatic carbocycles. The van der Waals surface area contributed by atoms with Crippen molar-refractivity contribution >= 4 is 11.8 Å². The van der Waals surface area contributed by atoms with Crippen LogP contribution in [0.5, 0.6) is 0 Å². The normalized spacial score (nSPS) is 25.5. The van der Waals surface area contributed by atoms with Gasteiger partial charge in [-0.1, -0.05) is 12.8 Å². The van der Waals surface area contributed by atoms with Crippen molar-refractivity contribution in [3.8, 4) is 0 Å². The van der Waals surface area contributed by atoms with Crippen molar-refractivity contribution in [3.05, 3.63) is 0 Å². The van der Waals surface area contributed by atoms with Gasteiger partial charge in [-0.2, -0.15) is 0 Å². The molecule has 102 valence electrons. The fourth-order valence-corrected chi connectivity index (χ4v) is 2.76. The minimum Gasteiger partial charge on any atom is -0.352 e. The number of nitrogens with one attached hydrogen (secondary N) is 2. The number of hydrogen-bond acceptors (Lipinski definition) is 3. The maximum absolute atomic E-state index is 11.7. The Morgan fingerprint density at radius 3 is 2.67 bits per heavy atom. The second-order valence-electron chi connectivity index (χ2n) is 5.44. The number of amides is 2. The summed E-state index contributed by atoms with van der Waals surface area (Å²) in [7, 11) is 1.81. The van der Waals surface area contributed by atoms with Gasteiger partial charge in [0.2, 0.25) is 11.8 Å². The van der Waals surface area contributed by atoms with E-state index in [1.54, 1.807) is 4.90 Å². The Morgan fingerprint density at radius 2 is 2.00 bits per heavy atom. The minimum atomic E-state index is 0.0847. The number of nitrogens with zero attached hydrogens (tertiary/aromatic N) is 1. The third kappa shape index (κ3) is 3.70. The van der Waals surface area contributed by atoms with Crippen LogP contribution in [0.15, 0.2) is 0 Å². The van der Waals surface area contributed by atoms with E-state index in [2.05, 4.69) is 10.6 Å². The third-order valence-corrected chi connectivity index (χ3v) is 3.90. The predicted molar refractivity (Wildman–Crippen MR) is 69.1 cm³/mol. The van der Waals surface area contributed by atoms with Crippen LogP contribution >= 0.6 is 0 Å². The summed E-state index contributed by atoms with van der Waals surface area (Å²) in [6.45, 7) is 1.07. The molecular formula is C13H23N3O2. The molecule has 5 heteroatoms. The summed E-state index contributed by atoms with van der Waals surface area (Å²) in [6.07, 6.45) is 6.11. The molecule has 2 aliphatic rings. The second-order valence-corrected chi connectivity index (χ2v) is 5.44. The number of carbonyl (C=O) groups is 2. The summed E-state index contributed by atoms with van der Waals surface area (Å²) >= 11 is 0. The van der Waals surface area contributed by atoms with Gasteiger partial charge in [0, 0.05) is 32.1 Å². The van der Waals surface area contributed by atoms with Crippen molar-refractivity contribution in [1.82, 2.24) is 15.5 Å². The maximum Gasteiger partial charge on any atom is 0.234 e. The van der Waals surface area contributed by atoms with Crippen molar-refractivity contribution in [1.29, 1.82) is 0 Å². The molecule has 0 aromatic heterocycles. The number of hydrogen-bond donors (Lipinski definition) is 2. The van der Waals surface area contributed by atoms with Crippen LogP contribution in [0.4, 0.5) is 0 Å². The van der Waals surface area contributed by atoms with E-state index >= 15 is 0 Å². The van der Waals surface area contributed by atoms with E-state index in [1.165, 1.54) is 12.8 Å². The largest absolute Gasteiger partial charge is 0.352 e. The Kier molecular flexibility index (Phi) is 4.58. The fraction of sp³-hybridized carbons (Fsp3) is 0.846. The van der Waals surface area contributed by atoms with Gasteiger partial charge in [-0.25, -0.2) is 0 Å². The molecule has 1 saturated carbocycles. The van der Waals surface area contributed by atoms with Crippen molar-refractivity contribution in [2.24, 2.45) is 0 Å². The number of likely N-dealkylation sites (tertiary alicyclic amines) is 1. The van der Waals surface area contributed by atoms with Gasteiger partial charge in [-0.15, -0.1) is 0 Å². The Hall–Kier alpha value is -1.10. The van der Waals surface area contributed by atoms with Crippen LogP contribution < -0.4 is 10.6 Å². The predicted octanol–water partition coefficient (Wildman–Crippen LogP) is 0.256. The van der Waals surface area contributed by atoms with Crippen molar-refractivity contribution < 1.29 is 9.59 Å². The lowest BCUT2D eigenvalue weighted by molar-refractivity contribution is -0.132. The van der Waals surface area contributed by atoms with Crippen LogP contribution in [0, 0.1) is 0 Å². The minimum absolute atomic E-state index is 0.0847. The lowest BCUT2D eigenvalue weighted by atomic mass is 10.1. The van der Waals surface area contributed by atoms with Crippen LogP contribution in [0.1, 0.15) is 38.5 Å². The molecule has 0 aromatic carbocycles. The SMILES string of the molecule is CN1CC(NCC(=O)NC2CCCC2)CCC1=O. The molecule has 0 radical (unpaired) electrons. The van der Waals surface area contributed by atoms with Gasteiger partial charge < -0.3 is 15.5 Å². The van der Waals surface area contributed by atoms with E-state index in [4.69, 9.17) is 0 Å². The van der Waals surface area contributed by atoms with Gasteiger partial charge in [0.15, 0.2) is 0 Å². The van der Waals surface area contributed by atoms with Crippen molar-refractivity contribution in [2.75, 3.05) is 20.1 Å². The van der Waals surface area contributed by atoms with Crippen LogP contribution in [0.25, 0.3) is 0 Å². The first-order valence-electron chi connectivity index (χ1n) is 6.92. The first-order chi connectivity index (χ1) is 8.65. The average Bonchev–Trinajstić information content (AvgIpc) is 2.83. The van der Waals surface area contributed by atoms with Crippen LogP contribution in [0.2, 0.25) is 0 Å². The molecule has 1 atom stereocenters. The summed E-state index contributed by atoms with van der Waals surface area (Å²) in [6, 6.07) is 0.636. The van der Waals surface area contributed by atoms with Gasteiger partial charge in [0.25, 0.3) is 0 Å². The summed E-state index contributed by atoms with van der Waals surface area (Å²) in [5.41, 5.74) is 0. The second kappa shape index (κ2) is 6.18. The summed E-state index contributed by atoms with van der Waals surface area (Å²) in [4.78, 5) is 24.8. The Balaban J connectivity index is 1.64. The molecule has 1 heterocycles. The van der Waals surface area contributed by atoms with Crippen molar-refractivity contribution in [2.45, 2.75) is 50.6 Å². The molecule has 18 heavy (non-hydrogen) atoms.